The third kappa shape index (κ3) is 6.01. The maximum Gasteiger partial charge on any atom is 0.317 e. The van der Waals surface area contributed by atoms with Gasteiger partial charge in [-0.15, -0.1) is 0 Å². The maximum absolute atomic E-state index is 11.8. The van der Waals surface area contributed by atoms with Crippen LogP contribution in [0, 0.1) is 5.92 Å². The second kappa shape index (κ2) is 7.84. The first-order chi connectivity index (χ1) is 9.38. The number of carbonyl (C=O) groups excluding carboxylic acids is 1. The highest BCUT2D eigenvalue weighted by atomic mass is 16.4. The van der Waals surface area contributed by atoms with Crippen molar-refractivity contribution in [1.29, 1.82) is 0 Å². The normalized spacial score (nSPS) is 17.1. The molecule has 114 valence electrons. The average molecular weight is 286 g/mol. The van der Waals surface area contributed by atoms with E-state index in [-0.39, 0.29) is 31.6 Å². The van der Waals surface area contributed by atoms with Crippen molar-refractivity contribution < 1.29 is 24.6 Å². The summed E-state index contributed by atoms with van der Waals surface area (Å²) in [6.45, 7) is 1.11. The molecular formula is C13H22N2O5. The van der Waals surface area contributed by atoms with Crippen LogP contribution in [-0.2, 0) is 14.4 Å². The molecule has 0 aromatic carbocycles. The molecular weight excluding hydrogens is 264 g/mol. The second-order valence-corrected chi connectivity index (χ2v) is 5.35. The summed E-state index contributed by atoms with van der Waals surface area (Å²) in [5, 5.41) is 20.5. The van der Waals surface area contributed by atoms with E-state index < -0.39 is 17.9 Å². The molecule has 0 bridgehead atoms. The maximum atomic E-state index is 11.8. The Balaban J connectivity index is 2.47. The number of aliphatic carboxylic acids is 2. The van der Waals surface area contributed by atoms with Gasteiger partial charge in [0.05, 0.1) is 19.0 Å². The number of carboxylic acid groups (broad SMARTS) is 2. The van der Waals surface area contributed by atoms with Crippen molar-refractivity contribution >= 4 is 17.8 Å². The van der Waals surface area contributed by atoms with Crippen molar-refractivity contribution in [2.24, 2.45) is 5.92 Å². The fourth-order valence-corrected chi connectivity index (χ4v) is 2.39. The average Bonchev–Trinajstić information content (AvgIpc) is 2.80. The summed E-state index contributed by atoms with van der Waals surface area (Å²) in [5.74, 6) is -3.03. The quantitative estimate of drug-likeness (QED) is 0.586. The van der Waals surface area contributed by atoms with Crippen LogP contribution in [0.15, 0.2) is 0 Å². The SMILES string of the molecule is CC(CN(CC(=O)O)CC(=O)NC1CCCC1)C(=O)O. The minimum Gasteiger partial charge on any atom is -0.481 e. The van der Waals surface area contributed by atoms with Crippen molar-refractivity contribution in [2.45, 2.75) is 38.6 Å². The predicted molar refractivity (Wildman–Crippen MR) is 71.3 cm³/mol. The van der Waals surface area contributed by atoms with Crippen molar-refractivity contribution in [3.63, 3.8) is 0 Å². The number of amides is 1. The Hall–Kier alpha value is -1.63. The lowest BCUT2D eigenvalue weighted by molar-refractivity contribution is -0.144. The second-order valence-electron chi connectivity index (χ2n) is 5.35. The molecule has 1 unspecified atom stereocenters. The van der Waals surface area contributed by atoms with Gasteiger partial charge in [0, 0.05) is 12.6 Å². The van der Waals surface area contributed by atoms with Crippen molar-refractivity contribution in [3.05, 3.63) is 0 Å². The predicted octanol–water partition coefficient (Wildman–Crippen LogP) is 0.153. The van der Waals surface area contributed by atoms with Gasteiger partial charge in [-0.25, -0.2) is 0 Å². The number of rotatable bonds is 8. The number of carboxylic acids is 2. The number of nitrogens with zero attached hydrogens (tertiary/aromatic N) is 1. The van der Waals surface area contributed by atoms with Crippen LogP contribution < -0.4 is 5.32 Å². The third-order valence-electron chi connectivity index (χ3n) is 3.40. The first-order valence-electron chi connectivity index (χ1n) is 6.84. The van der Waals surface area contributed by atoms with Crippen LogP contribution in [0.5, 0.6) is 0 Å². The Bertz CT molecular complexity index is 366. The molecule has 7 heteroatoms. The van der Waals surface area contributed by atoms with Gasteiger partial charge in [0.2, 0.25) is 5.91 Å². The van der Waals surface area contributed by atoms with Crippen LogP contribution in [0.2, 0.25) is 0 Å². The van der Waals surface area contributed by atoms with E-state index in [4.69, 9.17) is 10.2 Å². The first kappa shape index (κ1) is 16.4. The molecule has 1 rings (SSSR count). The van der Waals surface area contributed by atoms with Crippen LogP contribution in [0.25, 0.3) is 0 Å². The summed E-state index contributed by atoms with van der Waals surface area (Å²) in [6.07, 6.45) is 4.10. The van der Waals surface area contributed by atoms with Crippen LogP contribution in [0.4, 0.5) is 0 Å². The van der Waals surface area contributed by atoms with Gasteiger partial charge in [0.15, 0.2) is 0 Å². The monoisotopic (exact) mass is 286 g/mol. The van der Waals surface area contributed by atoms with Gasteiger partial charge in [-0.3, -0.25) is 19.3 Å². The zero-order valence-corrected chi connectivity index (χ0v) is 11.7. The van der Waals surface area contributed by atoms with E-state index in [0.29, 0.717) is 0 Å². The van der Waals surface area contributed by atoms with Crippen LogP contribution in [-0.4, -0.2) is 58.6 Å². The molecule has 1 amide bonds. The Labute approximate surface area is 117 Å². The molecule has 1 aliphatic carbocycles. The lowest BCUT2D eigenvalue weighted by atomic mass is 10.1. The summed E-state index contributed by atoms with van der Waals surface area (Å²) >= 11 is 0. The summed E-state index contributed by atoms with van der Waals surface area (Å²) in [7, 11) is 0. The summed E-state index contributed by atoms with van der Waals surface area (Å²) in [6, 6.07) is 0.172. The van der Waals surface area contributed by atoms with E-state index in [1.807, 2.05) is 0 Å². The standard InChI is InChI=1S/C13H22N2O5/c1-9(13(19)20)6-15(8-12(17)18)7-11(16)14-10-4-2-3-5-10/h9-10H,2-8H2,1H3,(H,14,16)(H,17,18)(H,19,20). The Morgan fingerprint density at radius 3 is 2.30 bits per heavy atom. The lowest BCUT2D eigenvalue weighted by Crippen LogP contribution is -2.44. The van der Waals surface area contributed by atoms with Gasteiger partial charge in [-0.05, 0) is 12.8 Å². The van der Waals surface area contributed by atoms with E-state index in [1.165, 1.54) is 11.8 Å². The molecule has 0 aliphatic heterocycles. The number of hydrogen-bond donors (Lipinski definition) is 3. The fraction of sp³-hybridized carbons (Fsp3) is 0.769. The largest absolute Gasteiger partial charge is 0.481 e. The molecule has 1 fully saturated rings. The van der Waals surface area contributed by atoms with Crippen LogP contribution in [0.3, 0.4) is 0 Å². The number of hydrogen-bond acceptors (Lipinski definition) is 4. The minimum atomic E-state index is -1.07. The highest BCUT2D eigenvalue weighted by Gasteiger charge is 2.22. The van der Waals surface area contributed by atoms with Gasteiger partial charge >= 0.3 is 11.9 Å². The molecule has 3 N–H and O–H groups in total. The molecule has 1 saturated carbocycles. The highest BCUT2D eigenvalue weighted by molar-refractivity contribution is 5.79. The van der Waals surface area contributed by atoms with Crippen LogP contribution >= 0.6 is 0 Å². The van der Waals surface area contributed by atoms with Gasteiger partial charge < -0.3 is 15.5 Å². The fourth-order valence-electron chi connectivity index (χ4n) is 2.39. The summed E-state index contributed by atoms with van der Waals surface area (Å²) in [5.41, 5.74) is 0. The van der Waals surface area contributed by atoms with E-state index in [9.17, 15) is 14.4 Å². The Kier molecular flexibility index (Phi) is 6.44. The molecule has 0 radical (unpaired) electrons. The van der Waals surface area contributed by atoms with Gasteiger partial charge in [-0.2, -0.15) is 0 Å². The van der Waals surface area contributed by atoms with Gasteiger partial charge in [0.25, 0.3) is 0 Å². The van der Waals surface area contributed by atoms with Crippen molar-refractivity contribution in [1.82, 2.24) is 10.2 Å². The molecule has 0 aromatic heterocycles. The Morgan fingerprint density at radius 1 is 1.20 bits per heavy atom. The molecule has 1 atom stereocenters. The zero-order chi connectivity index (χ0) is 15.1. The Morgan fingerprint density at radius 2 is 1.80 bits per heavy atom. The molecule has 20 heavy (non-hydrogen) atoms. The lowest BCUT2D eigenvalue weighted by Gasteiger charge is -2.22. The topological polar surface area (TPSA) is 107 Å². The summed E-state index contributed by atoms with van der Waals surface area (Å²) < 4.78 is 0. The third-order valence-corrected chi connectivity index (χ3v) is 3.40. The minimum absolute atomic E-state index is 0.0414. The van der Waals surface area contributed by atoms with Gasteiger partial charge in [-0.1, -0.05) is 19.8 Å². The highest BCUT2D eigenvalue weighted by Crippen LogP contribution is 2.17. The summed E-state index contributed by atoms with van der Waals surface area (Å²) in [4.78, 5) is 34.8. The van der Waals surface area contributed by atoms with Crippen LogP contribution in [0.1, 0.15) is 32.6 Å². The number of carbonyl (C=O) groups is 3. The van der Waals surface area contributed by atoms with Gasteiger partial charge in [0.1, 0.15) is 0 Å². The molecule has 7 nitrogen and oxygen atoms in total. The van der Waals surface area contributed by atoms with E-state index in [2.05, 4.69) is 5.32 Å². The molecule has 0 aromatic rings. The molecule has 0 heterocycles. The van der Waals surface area contributed by atoms with Crippen molar-refractivity contribution in [3.8, 4) is 0 Å². The van der Waals surface area contributed by atoms with E-state index in [0.717, 1.165) is 25.7 Å². The number of nitrogens with one attached hydrogen (secondary N) is 1. The zero-order valence-electron chi connectivity index (χ0n) is 11.7. The van der Waals surface area contributed by atoms with E-state index >= 15 is 0 Å². The van der Waals surface area contributed by atoms with Crippen molar-refractivity contribution in [2.75, 3.05) is 19.6 Å². The molecule has 0 saturated heterocycles. The molecule has 1 aliphatic rings. The van der Waals surface area contributed by atoms with E-state index in [1.54, 1.807) is 0 Å². The first-order valence-corrected chi connectivity index (χ1v) is 6.84. The molecule has 0 spiro atoms. The smallest absolute Gasteiger partial charge is 0.317 e.